The van der Waals surface area contributed by atoms with Gasteiger partial charge in [0, 0.05) is 31.0 Å². The number of anilines is 1. The second kappa shape index (κ2) is 11.4. The Labute approximate surface area is 172 Å². The molecule has 1 amide bonds. The lowest BCUT2D eigenvalue weighted by Crippen LogP contribution is -2.25. The maximum Gasteiger partial charge on any atom is 0.261 e. The van der Waals surface area contributed by atoms with Crippen molar-refractivity contribution < 1.29 is 22.7 Å². The van der Waals surface area contributed by atoms with Crippen molar-refractivity contribution in [3.8, 4) is 5.75 Å². The van der Waals surface area contributed by atoms with E-state index in [1.54, 1.807) is 36.4 Å². The number of hydrogen-bond acceptors (Lipinski definition) is 5. The summed E-state index contributed by atoms with van der Waals surface area (Å²) < 4.78 is 38.3. The quantitative estimate of drug-likeness (QED) is 0.513. The number of hydrogen-bond donors (Lipinski definition) is 2. The molecule has 0 unspecified atom stereocenters. The molecular formula is C21H28N2O5S. The third kappa shape index (κ3) is 7.40. The Hall–Kier alpha value is -2.58. The number of unbranched alkanes of at least 4 members (excludes halogenated alkanes) is 1. The maximum atomic E-state index is 12.6. The molecule has 2 aromatic rings. The van der Waals surface area contributed by atoms with E-state index in [0.717, 1.165) is 19.4 Å². The van der Waals surface area contributed by atoms with Gasteiger partial charge in [-0.25, -0.2) is 8.42 Å². The molecule has 8 heteroatoms. The largest absolute Gasteiger partial charge is 0.497 e. The normalized spacial score (nSPS) is 11.1. The van der Waals surface area contributed by atoms with Crippen molar-refractivity contribution in [3.63, 3.8) is 0 Å². The predicted molar refractivity (Wildman–Crippen MR) is 113 cm³/mol. The molecule has 0 heterocycles. The van der Waals surface area contributed by atoms with Crippen LogP contribution in [0.4, 0.5) is 5.69 Å². The van der Waals surface area contributed by atoms with Gasteiger partial charge >= 0.3 is 0 Å². The molecule has 0 aliphatic heterocycles. The minimum atomic E-state index is -3.82. The van der Waals surface area contributed by atoms with E-state index in [4.69, 9.17) is 9.47 Å². The molecule has 0 bridgehead atoms. The Bertz CT molecular complexity index is 882. The fourth-order valence-electron chi connectivity index (χ4n) is 2.50. The summed E-state index contributed by atoms with van der Waals surface area (Å²) in [6, 6.07) is 12.5. The van der Waals surface area contributed by atoms with Crippen LogP contribution in [0, 0.1) is 0 Å². The first kappa shape index (κ1) is 22.7. The summed E-state index contributed by atoms with van der Waals surface area (Å²) in [6.07, 6.45) is 2.81. The van der Waals surface area contributed by atoms with Crippen molar-refractivity contribution >= 4 is 21.6 Å². The monoisotopic (exact) mass is 420 g/mol. The third-order valence-corrected chi connectivity index (χ3v) is 5.52. The van der Waals surface area contributed by atoms with Crippen LogP contribution in [0.3, 0.4) is 0 Å². The van der Waals surface area contributed by atoms with Crippen LogP contribution in [0.15, 0.2) is 53.4 Å². The Morgan fingerprint density at radius 1 is 1.03 bits per heavy atom. The highest BCUT2D eigenvalue weighted by molar-refractivity contribution is 7.92. The first-order valence-corrected chi connectivity index (χ1v) is 11.1. The lowest BCUT2D eigenvalue weighted by molar-refractivity contribution is 0.0940. The summed E-state index contributed by atoms with van der Waals surface area (Å²) in [4.78, 5) is 12.3. The number of nitrogens with one attached hydrogen (secondary N) is 2. The van der Waals surface area contributed by atoms with E-state index in [1.165, 1.54) is 19.2 Å². The molecule has 0 aliphatic rings. The van der Waals surface area contributed by atoms with E-state index in [-0.39, 0.29) is 16.4 Å². The predicted octanol–water partition coefficient (Wildman–Crippen LogP) is 3.43. The van der Waals surface area contributed by atoms with Gasteiger partial charge in [0.15, 0.2) is 0 Å². The molecule has 0 aromatic heterocycles. The standard InChI is InChI=1S/C21H28N2O5S/c1-3-4-14-28-15-6-13-22-21(24)17-7-5-8-20(16-17)29(25,26)23-18-9-11-19(27-2)12-10-18/h5,7-12,16,23H,3-4,6,13-15H2,1-2H3,(H,22,24). The number of ether oxygens (including phenoxy) is 2. The van der Waals surface area contributed by atoms with Crippen molar-refractivity contribution in [3.05, 3.63) is 54.1 Å². The number of methoxy groups -OCH3 is 1. The van der Waals surface area contributed by atoms with Crippen LogP contribution in [0.1, 0.15) is 36.5 Å². The number of amides is 1. The first-order chi connectivity index (χ1) is 14.0. The van der Waals surface area contributed by atoms with E-state index >= 15 is 0 Å². The minimum Gasteiger partial charge on any atom is -0.497 e. The Balaban J connectivity index is 1.93. The molecule has 0 saturated carbocycles. The molecule has 2 aromatic carbocycles. The van der Waals surface area contributed by atoms with Crippen LogP contribution in [-0.4, -0.2) is 41.2 Å². The van der Waals surface area contributed by atoms with Crippen LogP contribution in [0.2, 0.25) is 0 Å². The molecule has 2 N–H and O–H groups in total. The van der Waals surface area contributed by atoms with Gasteiger partial charge in [-0.15, -0.1) is 0 Å². The van der Waals surface area contributed by atoms with E-state index < -0.39 is 10.0 Å². The first-order valence-electron chi connectivity index (χ1n) is 9.59. The van der Waals surface area contributed by atoms with Gasteiger partial charge < -0.3 is 14.8 Å². The SMILES string of the molecule is CCCCOCCCNC(=O)c1cccc(S(=O)(=O)Nc2ccc(OC)cc2)c1. The van der Waals surface area contributed by atoms with Crippen LogP contribution < -0.4 is 14.8 Å². The zero-order chi connectivity index (χ0) is 21.1. The van der Waals surface area contributed by atoms with Gasteiger partial charge in [-0.3, -0.25) is 9.52 Å². The summed E-state index contributed by atoms with van der Waals surface area (Å²) in [5.74, 6) is 0.308. The molecule has 158 valence electrons. The summed E-state index contributed by atoms with van der Waals surface area (Å²) in [5.41, 5.74) is 0.693. The fraction of sp³-hybridized carbons (Fsp3) is 0.381. The number of rotatable bonds is 12. The molecule has 29 heavy (non-hydrogen) atoms. The lowest BCUT2D eigenvalue weighted by Gasteiger charge is -2.10. The van der Waals surface area contributed by atoms with E-state index in [2.05, 4.69) is 17.0 Å². The number of carbonyl (C=O) groups excluding carboxylic acids is 1. The van der Waals surface area contributed by atoms with E-state index in [0.29, 0.717) is 31.0 Å². The number of carbonyl (C=O) groups is 1. The van der Waals surface area contributed by atoms with Crippen molar-refractivity contribution in [1.82, 2.24) is 5.32 Å². The summed E-state index contributed by atoms with van der Waals surface area (Å²) in [6.45, 7) is 3.88. The van der Waals surface area contributed by atoms with Crippen molar-refractivity contribution in [2.75, 3.05) is 31.6 Å². The zero-order valence-electron chi connectivity index (χ0n) is 16.8. The number of sulfonamides is 1. The molecule has 0 fully saturated rings. The summed E-state index contributed by atoms with van der Waals surface area (Å²) >= 11 is 0. The highest BCUT2D eigenvalue weighted by Crippen LogP contribution is 2.20. The average Bonchev–Trinajstić information content (AvgIpc) is 2.73. The molecular weight excluding hydrogens is 392 g/mol. The van der Waals surface area contributed by atoms with Crippen molar-refractivity contribution in [2.45, 2.75) is 31.1 Å². The topological polar surface area (TPSA) is 93.7 Å². The Kier molecular flexibility index (Phi) is 8.95. The molecule has 0 aliphatic carbocycles. The molecule has 2 rings (SSSR count). The van der Waals surface area contributed by atoms with Crippen molar-refractivity contribution in [2.24, 2.45) is 0 Å². The van der Waals surface area contributed by atoms with Gasteiger partial charge in [-0.1, -0.05) is 19.4 Å². The molecule has 7 nitrogen and oxygen atoms in total. The highest BCUT2D eigenvalue weighted by atomic mass is 32.2. The Morgan fingerprint density at radius 2 is 1.76 bits per heavy atom. The Morgan fingerprint density at radius 3 is 2.45 bits per heavy atom. The summed E-state index contributed by atoms with van der Waals surface area (Å²) in [7, 11) is -2.28. The maximum absolute atomic E-state index is 12.6. The average molecular weight is 421 g/mol. The van der Waals surface area contributed by atoms with Crippen LogP contribution in [0.25, 0.3) is 0 Å². The smallest absolute Gasteiger partial charge is 0.261 e. The van der Waals surface area contributed by atoms with Crippen LogP contribution in [0.5, 0.6) is 5.75 Å². The van der Waals surface area contributed by atoms with Gasteiger partial charge in [0.1, 0.15) is 5.75 Å². The molecule has 0 spiro atoms. The second-order valence-corrected chi connectivity index (χ2v) is 8.12. The van der Waals surface area contributed by atoms with Gasteiger partial charge in [0.2, 0.25) is 0 Å². The lowest BCUT2D eigenvalue weighted by atomic mass is 10.2. The molecule has 0 saturated heterocycles. The second-order valence-electron chi connectivity index (χ2n) is 6.44. The molecule has 0 radical (unpaired) electrons. The third-order valence-electron chi connectivity index (χ3n) is 4.14. The van der Waals surface area contributed by atoms with Crippen LogP contribution in [-0.2, 0) is 14.8 Å². The van der Waals surface area contributed by atoms with Gasteiger partial charge in [-0.05, 0) is 55.3 Å². The number of benzene rings is 2. The van der Waals surface area contributed by atoms with Crippen molar-refractivity contribution in [1.29, 1.82) is 0 Å². The molecule has 0 atom stereocenters. The fourth-order valence-corrected chi connectivity index (χ4v) is 3.61. The van der Waals surface area contributed by atoms with Gasteiger partial charge in [0.25, 0.3) is 15.9 Å². The van der Waals surface area contributed by atoms with E-state index in [1.807, 2.05) is 0 Å². The van der Waals surface area contributed by atoms with Gasteiger partial charge in [-0.2, -0.15) is 0 Å². The van der Waals surface area contributed by atoms with Gasteiger partial charge in [0.05, 0.1) is 12.0 Å². The zero-order valence-corrected chi connectivity index (χ0v) is 17.6. The minimum absolute atomic E-state index is 0.0175. The van der Waals surface area contributed by atoms with Crippen LogP contribution >= 0.6 is 0 Å². The summed E-state index contributed by atoms with van der Waals surface area (Å²) in [5, 5.41) is 2.78. The highest BCUT2D eigenvalue weighted by Gasteiger charge is 2.16. The van der Waals surface area contributed by atoms with E-state index in [9.17, 15) is 13.2 Å².